The van der Waals surface area contributed by atoms with Gasteiger partial charge in [-0.1, -0.05) is 0 Å². The summed E-state index contributed by atoms with van der Waals surface area (Å²) >= 11 is 3.14. The normalized spacial score (nSPS) is 10.9. The first kappa shape index (κ1) is 19.1. The zero-order chi connectivity index (χ0) is 18.6. The number of nitro groups is 1. The molecule has 134 valence electrons. The van der Waals surface area contributed by atoms with Gasteiger partial charge in [0.25, 0.3) is 11.6 Å². The van der Waals surface area contributed by atoms with E-state index in [2.05, 4.69) is 15.9 Å². The van der Waals surface area contributed by atoms with Gasteiger partial charge in [0.15, 0.2) is 0 Å². The molecule has 0 saturated carbocycles. The lowest BCUT2D eigenvalue weighted by molar-refractivity contribution is -0.385. The van der Waals surface area contributed by atoms with Crippen LogP contribution in [0.2, 0.25) is 0 Å². The van der Waals surface area contributed by atoms with E-state index in [4.69, 9.17) is 4.42 Å². The second kappa shape index (κ2) is 8.26. The zero-order valence-electron chi connectivity index (χ0n) is 14.4. The molecule has 1 amide bonds. The monoisotopic (exact) mass is 409 g/mol. The molecule has 0 bridgehead atoms. The van der Waals surface area contributed by atoms with E-state index in [1.807, 2.05) is 38.1 Å². The zero-order valence-corrected chi connectivity index (χ0v) is 15.9. The van der Waals surface area contributed by atoms with Gasteiger partial charge >= 0.3 is 0 Å². The molecular weight excluding hydrogens is 390 g/mol. The smallest absolute Gasteiger partial charge is 0.284 e. The molecule has 2 rings (SSSR count). The number of carbonyl (C=O) groups is 1. The lowest BCUT2D eigenvalue weighted by Crippen LogP contribution is -2.36. The van der Waals surface area contributed by atoms with E-state index in [1.165, 1.54) is 12.1 Å². The Labute approximate surface area is 154 Å². The number of amides is 1. The molecule has 7 nitrogen and oxygen atoms in total. The predicted molar refractivity (Wildman–Crippen MR) is 97.5 cm³/mol. The molecule has 0 fully saturated rings. The number of aryl methyl sites for hydroxylation is 1. The number of likely N-dealkylation sites (N-methyl/N-ethyl adjacent to an activating group) is 1. The fourth-order valence-corrected chi connectivity index (χ4v) is 2.69. The van der Waals surface area contributed by atoms with Gasteiger partial charge in [0.2, 0.25) is 0 Å². The molecule has 1 heterocycles. The molecule has 0 unspecified atom stereocenters. The number of halogens is 1. The minimum atomic E-state index is -0.513. The van der Waals surface area contributed by atoms with Crippen molar-refractivity contribution < 1.29 is 14.1 Å². The highest BCUT2D eigenvalue weighted by atomic mass is 79.9. The topological polar surface area (TPSA) is 79.8 Å². The molecule has 0 aliphatic carbocycles. The van der Waals surface area contributed by atoms with E-state index in [-0.39, 0.29) is 17.2 Å². The molecule has 8 heteroatoms. The Balaban J connectivity index is 2.27. The van der Waals surface area contributed by atoms with E-state index >= 15 is 0 Å². The van der Waals surface area contributed by atoms with E-state index in [1.54, 1.807) is 11.0 Å². The lowest BCUT2D eigenvalue weighted by atomic mass is 10.1. The summed E-state index contributed by atoms with van der Waals surface area (Å²) in [6.45, 7) is 3.30. The van der Waals surface area contributed by atoms with Gasteiger partial charge in [0.05, 0.1) is 15.9 Å². The van der Waals surface area contributed by atoms with Crippen LogP contribution < -0.4 is 0 Å². The number of benzene rings is 1. The van der Waals surface area contributed by atoms with Gasteiger partial charge in [-0.15, -0.1) is 0 Å². The standard InChI is InChI=1S/C17H20BrN3O4/c1-12-4-6-14(25-12)11-20(9-8-19(2)3)17(22)13-5-7-15(18)16(10-13)21(23)24/h4-7,10H,8-9,11H2,1-3H3. The van der Waals surface area contributed by atoms with E-state index in [9.17, 15) is 14.9 Å². The highest BCUT2D eigenvalue weighted by Gasteiger charge is 2.21. The minimum absolute atomic E-state index is 0.132. The van der Waals surface area contributed by atoms with Crippen LogP contribution in [-0.2, 0) is 6.54 Å². The summed E-state index contributed by atoms with van der Waals surface area (Å²) in [4.78, 5) is 27.1. The largest absolute Gasteiger partial charge is 0.464 e. The third kappa shape index (κ3) is 5.14. The van der Waals surface area contributed by atoms with Crippen LogP contribution in [0.4, 0.5) is 5.69 Å². The Morgan fingerprint density at radius 2 is 1.96 bits per heavy atom. The maximum atomic E-state index is 12.9. The summed E-state index contributed by atoms with van der Waals surface area (Å²) < 4.78 is 5.91. The number of hydrogen-bond acceptors (Lipinski definition) is 5. The van der Waals surface area contributed by atoms with E-state index in [0.29, 0.717) is 29.9 Å². The fourth-order valence-electron chi connectivity index (χ4n) is 2.30. The second-order valence-corrected chi connectivity index (χ2v) is 6.82. The summed E-state index contributed by atoms with van der Waals surface area (Å²) in [5.74, 6) is 1.18. The van der Waals surface area contributed by atoms with Gasteiger partial charge in [-0.25, -0.2) is 0 Å². The molecule has 0 atom stereocenters. The van der Waals surface area contributed by atoms with Gasteiger partial charge in [-0.3, -0.25) is 14.9 Å². The summed E-state index contributed by atoms with van der Waals surface area (Å²) in [6.07, 6.45) is 0. The Kier molecular flexibility index (Phi) is 6.33. The first-order valence-corrected chi connectivity index (χ1v) is 8.50. The van der Waals surface area contributed by atoms with Crippen molar-refractivity contribution in [2.45, 2.75) is 13.5 Å². The number of carbonyl (C=O) groups excluding carboxylic acids is 1. The number of rotatable bonds is 7. The molecule has 1 aromatic heterocycles. The lowest BCUT2D eigenvalue weighted by Gasteiger charge is -2.23. The van der Waals surface area contributed by atoms with Crippen molar-refractivity contribution in [2.75, 3.05) is 27.2 Å². The van der Waals surface area contributed by atoms with Crippen LogP contribution in [0.15, 0.2) is 39.2 Å². The number of furan rings is 1. The van der Waals surface area contributed by atoms with Crippen molar-refractivity contribution in [3.63, 3.8) is 0 Å². The van der Waals surface area contributed by atoms with E-state index in [0.717, 1.165) is 5.76 Å². The number of hydrogen-bond donors (Lipinski definition) is 0. The van der Waals surface area contributed by atoms with Gasteiger partial charge < -0.3 is 14.2 Å². The highest BCUT2D eigenvalue weighted by molar-refractivity contribution is 9.10. The first-order chi connectivity index (χ1) is 11.8. The van der Waals surface area contributed by atoms with Crippen molar-refractivity contribution in [2.24, 2.45) is 0 Å². The Morgan fingerprint density at radius 3 is 2.52 bits per heavy atom. The van der Waals surface area contributed by atoms with Crippen LogP contribution >= 0.6 is 15.9 Å². The van der Waals surface area contributed by atoms with Crippen molar-refractivity contribution in [3.05, 3.63) is 62.0 Å². The second-order valence-electron chi connectivity index (χ2n) is 5.97. The third-order valence-electron chi connectivity index (χ3n) is 3.64. The molecule has 0 spiro atoms. The predicted octanol–water partition coefficient (Wildman–Crippen LogP) is 3.46. The average molecular weight is 410 g/mol. The molecule has 25 heavy (non-hydrogen) atoms. The van der Waals surface area contributed by atoms with Crippen LogP contribution in [0.1, 0.15) is 21.9 Å². The SMILES string of the molecule is Cc1ccc(CN(CCN(C)C)C(=O)c2ccc(Br)c([N+](=O)[O-])c2)o1. The van der Waals surface area contributed by atoms with Crippen LogP contribution in [0.25, 0.3) is 0 Å². The molecule has 0 saturated heterocycles. The van der Waals surface area contributed by atoms with Gasteiger partial charge in [-0.2, -0.15) is 0 Å². The Morgan fingerprint density at radius 1 is 1.24 bits per heavy atom. The van der Waals surface area contributed by atoms with Crippen LogP contribution in [-0.4, -0.2) is 47.8 Å². The molecule has 1 aromatic carbocycles. The Hall–Kier alpha value is -2.19. The Bertz CT molecular complexity index is 773. The van der Waals surface area contributed by atoms with Gasteiger partial charge in [0.1, 0.15) is 11.5 Å². The maximum Gasteiger partial charge on any atom is 0.284 e. The molecule has 0 aliphatic rings. The minimum Gasteiger partial charge on any atom is -0.464 e. The molecule has 0 radical (unpaired) electrons. The van der Waals surface area contributed by atoms with Crippen molar-refractivity contribution >= 4 is 27.5 Å². The quantitative estimate of drug-likeness (QED) is 0.516. The van der Waals surface area contributed by atoms with Crippen molar-refractivity contribution in [1.82, 2.24) is 9.80 Å². The van der Waals surface area contributed by atoms with Gasteiger partial charge in [0, 0.05) is 24.7 Å². The number of nitro benzene ring substituents is 1. The molecule has 0 N–H and O–H groups in total. The molecule has 2 aromatic rings. The fraction of sp³-hybridized carbons (Fsp3) is 0.353. The summed E-state index contributed by atoms with van der Waals surface area (Å²) in [5.41, 5.74) is 0.143. The first-order valence-electron chi connectivity index (χ1n) is 7.71. The van der Waals surface area contributed by atoms with Crippen molar-refractivity contribution in [3.8, 4) is 0 Å². The average Bonchev–Trinajstić information content (AvgIpc) is 2.96. The molecular formula is C17H20BrN3O4. The van der Waals surface area contributed by atoms with Gasteiger partial charge in [-0.05, 0) is 61.2 Å². The highest BCUT2D eigenvalue weighted by Crippen LogP contribution is 2.26. The third-order valence-corrected chi connectivity index (χ3v) is 4.31. The van der Waals surface area contributed by atoms with Crippen LogP contribution in [0.3, 0.4) is 0 Å². The van der Waals surface area contributed by atoms with Crippen LogP contribution in [0.5, 0.6) is 0 Å². The maximum absolute atomic E-state index is 12.9. The van der Waals surface area contributed by atoms with Crippen molar-refractivity contribution in [1.29, 1.82) is 0 Å². The molecule has 0 aliphatic heterocycles. The summed E-state index contributed by atoms with van der Waals surface area (Å²) in [7, 11) is 3.84. The summed E-state index contributed by atoms with van der Waals surface area (Å²) in [6, 6.07) is 8.06. The summed E-state index contributed by atoms with van der Waals surface area (Å²) in [5, 5.41) is 11.1. The van der Waals surface area contributed by atoms with Crippen LogP contribution in [0, 0.1) is 17.0 Å². The number of nitrogens with zero attached hydrogens (tertiary/aromatic N) is 3. The van der Waals surface area contributed by atoms with E-state index < -0.39 is 4.92 Å².